The first kappa shape index (κ1) is 12.4. The first-order valence-corrected chi connectivity index (χ1v) is 6.72. The van der Waals surface area contributed by atoms with Crippen molar-refractivity contribution in [1.29, 1.82) is 0 Å². The molecule has 17 heavy (non-hydrogen) atoms. The number of rotatable bonds is 4. The molecule has 0 aromatic heterocycles. The second-order valence-electron chi connectivity index (χ2n) is 5.54. The number of benzene rings is 1. The number of anilines is 1. The Morgan fingerprint density at radius 2 is 2.00 bits per heavy atom. The smallest absolute Gasteiger partial charge is 0.0366 e. The maximum Gasteiger partial charge on any atom is 0.0366 e. The van der Waals surface area contributed by atoms with Gasteiger partial charge in [-0.1, -0.05) is 32.9 Å². The molecular formula is C15H24N2. The molecule has 2 nitrogen and oxygen atoms in total. The standard InChI is InChI=1S/C15H24N2/c1-12(2)16-10-14-4-6-15(7-5-14)17-9-8-13(3)11-17/h4-7,12-13,16H,8-11H2,1-3H3. The van der Waals surface area contributed by atoms with Crippen LogP contribution in [-0.2, 0) is 6.54 Å². The van der Waals surface area contributed by atoms with Crippen LogP contribution in [-0.4, -0.2) is 19.1 Å². The van der Waals surface area contributed by atoms with Crippen molar-refractivity contribution in [2.75, 3.05) is 18.0 Å². The van der Waals surface area contributed by atoms with Crippen LogP contribution >= 0.6 is 0 Å². The third kappa shape index (κ3) is 3.47. The van der Waals surface area contributed by atoms with Crippen molar-refractivity contribution in [2.24, 2.45) is 5.92 Å². The van der Waals surface area contributed by atoms with E-state index in [0.717, 1.165) is 12.5 Å². The summed E-state index contributed by atoms with van der Waals surface area (Å²) in [7, 11) is 0. The highest BCUT2D eigenvalue weighted by atomic mass is 15.1. The number of nitrogens with one attached hydrogen (secondary N) is 1. The summed E-state index contributed by atoms with van der Waals surface area (Å²) in [6.07, 6.45) is 1.33. The molecule has 1 heterocycles. The molecule has 1 aromatic rings. The minimum absolute atomic E-state index is 0.550. The van der Waals surface area contributed by atoms with Crippen molar-refractivity contribution in [1.82, 2.24) is 5.32 Å². The van der Waals surface area contributed by atoms with Gasteiger partial charge < -0.3 is 10.2 Å². The lowest BCUT2D eigenvalue weighted by atomic mass is 10.1. The molecule has 0 saturated carbocycles. The molecule has 1 saturated heterocycles. The summed E-state index contributed by atoms with van der Waals surface area (Å²) in [5.74, 6) is 0.845. The molecule has 2 rings (SSSR count). The summed E-state index contributed by atoms with van der Waals surface area (Å²) in [6, 6.07) is 9.56. The molecule has 94 valence electrons. The summed E-state index contributed by atoms with van der Waals surface area (Å²) in [5, 5.41) is 3.44. The van der Waals surface area contributed by atoms with Crippen LogP contribution in [0.1, 0.15) is 32.8 Å². The zero-order chi connectivity index (χ0) is 12.3. The molecule has 1 N–H and O–H groups in total. The normalized spacial score (nSPS) is 20.2. The van der Waals surface area contributed by atoms with Gasteiger partial charge in [-0.25, -0.2) is 0 Å². The number of hydrogen-bond donors (Lipinski definition) is 1. The van der Waals surface area contributed by atoms with E-state index in [-0.39, 0.29) is 0 Å². The molecule has 0 aliphatic carbocycles. The second kappa shape index (κ2) is 5.54. The van der Waals surface area contributed by atoms with Crippen LogP contribution in [0.25, 0.3) is 0 Å². The predicted octanol–water partition coefficient (Wildman–Crippen LogP) is 3.03. The van der Waals surface area contributed by atoms with Gasteiger partial charge in [0.05, 0.1) is 0 Å². The highest BCUT2D eigenvalue weighted by Gasteiger charge is 2.18. The van der Waals surface area contributed by atoms with Gasteiger partial charge in [0.1, 0.15) is 0 Å². The first-order chi connectivity index (χ1) is 8.15. The Balaban J connectivity index is 1.93. The van der Waals surface area contributed by atoms with Gasteiger partial charge in [-0.2, -0.15) is 0 Å². The van der Waals surface area contributed by atoms with E-state index in [2.05, 4.69) is 55.3 Å². The quantitative estimate of drug-likeness (QED) is 0.858. The number of hydrogen-bond acceptors (Lipinski definition) is 2. The monoisotopic (exact) mass is 232 g/mol. The molecule has 2 heteroatoms. The van der Waals surface area contributed by atoms with E-state index < -0.39 is 0 Å². The van der Waals surface area contributed by atoms with Crippen LogP contribution in [0.5, 0.6) is 0 Å². The predicted molar refractivity (Wildman–Crippen MR) is 74.4 cm³/mol. The van der Waals surface area contributed by atoms with Gasteiger partial charge in [-0.15, -0.1) is 0 Å². The molecular weight excluding hydrogens is 208 g/mol. The number of nitrogens with zero attached hydrogens (tertiary/aromatic N) is 1. The van der Waals surface area contributed by atoms with Crippen molar-refractivity contribution >= 4 is 5.69 Å². The zero-order valence-electron chi connectivity index (χ0n) is 11.2. The van der Waals surface area contributed by atoms with Gasteiger partial charge in [-0.05, 0) is 30.0 Å². The van der Waals surface area contributed by atoms with E-state index >= 15 is 0 Å². The van der Waals surface area contributed by atoms with E-state index in [9.17, 15) is 0 Å². The molecule has 1 aliphatic rings. The fourth-order valence-electron chi connectivity index (χ4n) is 2.32. The maximum atomic E-state index is 3.44. The van der Waals surface area contributed by atoms with Gasteiger partial charge in [0, 0.05) is 31.4 Å². The van der Waals surface area contributed by atoms with Crippen molar-refractivity contribution < 1.29 is 0 Å². The lowest BCUT2D eigenvalue weighted by molar-refractivity contribution is 0.589. The van der Waals surface area contributed by atoms with Crippen LogP contribution in [0.15, 0.2) is 24.3 Å². The average Bonchev–Trinajstić information content (AvgIpc) is 2.74. The molecule has 0 radical (unpaired) electrons. The van der Waals surface area contributed by atoms with Gasteiger partial charge >= 0.3 is 0 Å². The van der Waals surface area contributed by atoms with Crippen LogP contribution in [0.3, 0.4) is 0 Å². The van der Waals surface area contributed by atoms with Gasteiger partial charge in [0.25, 0.3) is 0 Å². The second-order valence-corrected chi connectivity index (χ2v) is 5.54. The minimum atomic E-state index is 0.550. The van der Waals surface area contributed by atoms with E-state index in [1.165, 1.54) is 30.8 Å². The Morgan fingerprint density at radius 1 is 1.29 bits per heavy atom. The lowest BCUT2D eigenvalue weighted by Crippen LogP contribution is -2.22. The molecule has 1 unspecified atom stereocenters. The van der Waals surface area contributed by atoms with E-state index in [1.807, 2.05) is 0 Å². The fourth-order valence-corrected chi connectivity index (χ4v) is 2.32. The molecule has 0 spiro atoms. The highest BCUT2D eigenvalue weighted by Crippen LogP contribution is 2.23. The third-order valence-corrected chi connectivity index (χ3v) is 3.44. The molecule has 1 fully saturated rings. The maximum absolute atomic E-state index is 3.44. The Morgan fingerprint density at radius 3 is 2.53 bits per heavy atom. The summed E-state index contributed by atoms with van der Waals surface area (Å²) < 4.78 is 0. The Bertz CT molecular complexity index is 342. The molecule has 1 atom stereocenters. The van der Waals surface area contributed by atoms with E-state index in [4.69, 9.17) is 0 Å². The largest absolute Gasteiger partial charge is 0.371 e. The average molecular weight is 232 g/mol. The lowest BCUT2D eigenvalue weighted by Gasteiger charge is -2.18. The molecule has 1 aromatic carbocycles. The van der Waals surface area contributed by atoms with Crippen LogP contribution in [0, 0.1) is 5.92 Å². The van der Waals surface area contributed by atoms with Crippen molar-refractivity contribution in [3.63, 3.8) is 0 Å². The van der Waals surface area contributed by atoms with Gasteiger partial charge in [0.15, 0.2) is 0 Å². The Kier molecular flexibility index (Phi) is 4.06. The van der Waals surface area contributed by atoms with E-state index in [1.54, 1.807) is 0 Å². The fraction of sp³-hybridized carbons (Fsp3) is 0.600. The third-order valence-electron chi connectivity index (χ3n) is 3.44. The van der Waals surface area contributed by atoms with Gasteiger partial charge in [-0.3, -0.25) is 0 Å². The molecule has 0 amide bonds. The zero-order valence-corrected chi connectivity index (χ0v) is 11.2. The summed E-state index contributed by atoms with van der Waals surface area (Å²) in [5.41, 5.74) is 2.75. The van der Waals surface area contributed by atoms with Crippen LogP contribution in [0.2, 0.25) is 0 Å². The topological polar surface area (TPSA) is 15.3 Å². The summed E-state index contributed by atoms with van der Waals surface area (Å²) >= 11 is 0. The highest BCUT2D eigenvalue weighted by molar-refractivity contribution is 5.48. The minimum Gasteiger partial charge on any atom is -0.371 e. The molecule has 1 aliphatic heterocycles. The van der Waals surface area contributed by atoms with Crippen molar-refractivity contribution in [3.05, 3.63) is 29.8 Å². The van der Waals surface area contributed by atoms with E-state index in [0.29, 0.717) is 6.04 Å². The first-order valence-electron chi connectivity index (χ1n) is 6.72. The van der Waals surface area contributed by atoms with Gasteiger partial charge in [0.2, 0.25) is 0 Å². The SMILES string of the molecule is CC1CCN(c2ccc(CNC(C)C)cc2)C1. The summed E-state index contributed by atoms with van der Waals surface area (Å²) in [4.78, 5) is 2.49. The Labute approximate surface area is 105 Å². The van der Waals surface area contributed by atoms with Crippen LogP contribution < -0.4 is 10.2 Å². The Hall–Kier alpha value is -1.02. The van der Waals surface area contributed by atoms with Crippen molar-refractivity contribution in [2.45, 2.75) is 39.8 Å². The molecule has 0 bridgehead atoms. The summed E-state index contributed by atoms with van der Waals surface area (Å²) in [6.45, 7) is 10.1. The van der Waals surface area contributed by atoms with Crippen molar-refractivity contribution in [3.8, 4) is 0 Å². The van der Waals surface area contributed by atoms with Crippen LogP contribution in [0.4, 0.5) is 5.69 Å².